The summed E-state index contributed by atoms with van der Waals surface area (Å²) in [7, 11) is 0. The molecule has 2 aliphatic heterocycles. The van der Waals surface area contributed by atoms with Gasteiger partial charge in [0, 0.05) is 5.02 Å². The van der Waals surface area contributed by atoms with Crippen LogP contribution >= 0.6 is 11.6 Å². The molecule has 0 aromatic heterocycles. The Bertz CT molecular complexity index is 587. The average molecular weight is 322 g/mol. The fourth-order valence-corrected chi connectivity index (χ4v) is 3.40. The number of likely N-dealkylation sites (tertiary alicyclic amines) is 1. The Hall–Kier alpha value is -1.59. The van der Waals surface area contributed by atoms with Crippen LogP contribution in [-0.4, -0.2) is 47.4 Å². The third-order valence-corrected chi connectivity index (χ3v) is 4.63. The van der Waals surface area contributed by atoms with E-state index in [9.17, 15) is 9.59 Å². The Kier molecular flexibility index (Phi) is 4.36. The Morgan fingerprint density at radius 3 is 2.64 bits per heavy atom. The highest BCUT2D eigenvalue weighted by Crippen LogP contribution is 2.28. The molecule has 3 rings (SSSR count). The standard InChI is InChI=1S/C16H20ClN3O2/c1-11-15(21)20(16(22)18-11)10-14(19-7-2-3-8-19)12-5-4-6-13(17)9-12/h4-6,9,11,14H,2-3,7-8,10H2,1H3,(H,18,22)/t11-,14+/m0/s1. The van der Waals surface area contributed by atoms with Gasteiger partial charge in [-0.05, 0) is 50.6 Å². The second kappa shape index (κ2) is 6.26. The van der Waals surface area contributed by atoms with Crippen LogP contribution in [0.5, 0.6) is 0 Å². The third-order valence-electron chi connectivity index (χ3n) is 4.39. The summed E-state index contributed by atoms with van der Waals surface area (Å²) in [5, 5.41) is 3.34. The third kappa shape index (κ3) is 2.96. The number of hydrogen-bond donors (Lipinski definition) is 1. The monoisotopic (exact) mass is 321 g/mol. The number of imide groups is 1. The fraction of sp³-hybridized carbons (Fsp3) is 0.500. The van der Waals surface area contributed by atoms with Gasteiger partial charge in [-0.15, -0.1) is 0 Å². The van der Waals surface area contributed by atoms with Crippen molar-refractivity contribution in [2.75, 3.05) is 19.6 Å². The van der Waals surface area contributed by atoms with E-state index >= 15 is 0 Å². The van der Waals surface area contributed by atoms with Gasteiger partial charge in [0.25, 0.3) is 5.91 Å². The van der Waals surface area contributed by atoms with Gasteiger partial charge in [-0.2, -0.15) is 0 Å². The van der Waals surface area contributed by atoms with Gasteiger partial charge in [-0.3, -0.25) is 14.6 Å². The van der Waals surface area contributed by atoms with E-state index in [-0.39, 0.29) is 18.0 Å². The first-order chi connectivity index (χ1) is 10.6. The number of nitrogens with one attached hydrogen (secondary N) is 1. The normalized spacial score (nSPS) is 23.9. The molecule has 5 nitrogen and oxygen atoms in total. The van der Waals surface area contributed by atoms with E-state index in [2.05, 4.69) is 10.2 Å². The summed E-state index contributed by atoms with van der Waals surface area (Å²) in [6, 6.07) is 6.94. The molecule has 0 bridgehead atoms. The molecule has 118 valence electrons. The molecular formula is C16H20ClN3O2. The number of carbonyl (C=O) groups is 2. The molecule has 1 aromatic carbocycles. The highest BCUT2D eigenvalue weighted by molar-refractivity contribution is 6.30. The predicted molar refractivity (Wildman–Crippen MR) is 84.7 cm³/mol. The molecule has 2 heterocycles. The molecule has 3 amide bonds. The molecule has 1 aromatic rings. The minimum absolute atomic E-state index is 0.00111. The van der Waals surface area contributed by atoms with E-state index < -0.39 is 6.04 Å². The van der Waals surface area contributed by atoms with E-state index in [0.717, 1.165) is 31.5 Å². The van der Waals surface area contributed by atoms with Crippen molar-refractivity contribution in [3.05, 3.63) is 34.9 Å². The summed E-state index contributed by atoms with van der Waals surface area (Å²) in [6.07, 6.45) is 2.29. The van der Waals surface area contributed by atoms with Crippen LogP contribution in [0.4, 0.5) is 4.79 Å². The molecule has 2 aliphatic rings. The zero-order valence-electron chi connectivity index (χ0n) is 12.6. The van der Waals surface area contributed by atoms with Crippen LogP contribution in [0.2, 0.25) is 5.02 Å². The number of nitrogens with zero attached hydrogens (tertiary/aromatic N) is 2. The number of hydrogen-bond acceptors (Lipinski definition) is 3. The van der Waals surface area contributed by atoms with Crippen LogP contribution in [0, 0.1) is 0 Å². The minimum atomic E-state index is -0.439. The van der Waals surface area contributed by atoms with Gasteiger partial charge in [-0.1, -0.05) is 23.7 Å². The lowest BCUT2D eigenvalue weighted by Gasteiger charge is -2.30. The topological polar surface area (TPSA) is 52.7 Å². The number of amides is 3. The second-order valence-electron chi connectivity index (χ2n) is 5.93. The van der Waals surface area contributed by atoms with Crippen LogP contribution in [0.1, 0.15) is 31.4 Å². The van der Waals surface area contributed by atoms with Crippen molar-refractivity contribution in [3.63, 3.8) is 0 Å². The van der Waals surface area contributed by atoms with Crippen LogP contribution in [-0.2, 0) is 4.79 Å². The molecule has 0 saturated carbocycles. The number of urea groups is 1. The van der Waals surface area contributed by atoms with E-state index in [0.29, 0.717) is 11.6 Å². The molecule has 1 N–H and O–H groups in total. The van der Waals surface area contributed by atoms with Crippen molar-refractivity contribution in [1.29, 1.82) is 0 Å². The predicted octanol–water partition coefficient (Wildman–Crippen LogP) is 2.42. The fourth-order valence-electron chi connectivity index (χ4n) is 3.20. The highest BCUT2D eigenvalue weighted by atomic mass is 35.5. The largest absolute Gasteiger partial charge is 0.326 e. The highest BCUT2D eigenvalue weighted by Gasteiger charge is 2.38. The van der Waals surface area contributed by atoms with Crippen molar-refractivity contribution in [1.82, 2.24) is 15.1 Å². The summed E-state index contributed by atoms with van der Waals surface area (Å²) in [5.74, 6) is -0.156. The lowest BCUT2D eigenvalue weighted by molar-refractivity contribution is -0.127. The minimum Gasteiger partial charge on any atom is -0.326 e. The van der Waals surface area contributed by atoms with Gasteiger partial charge in [-0.25, -0.2) is 4.79 Å². The molecular weight excluding hydrogens is 302 g/mol. The van der Waals surface area contributed by atoms with Gasteiger partial charge < -0.3 is 5.32 Å². The molecule has 0 aliphatic carbocycles. The van der Waals surface area contributed by atoms with Crippen molar-refractivity contribution in [2.45, 2.75) is 31.8 Å². The second-order valence-corrected chi connectivity index (χ2v) is 6.37. The van der Waals surface area contributed by atoms with Gasteiger partial charge >= 0.3 is 6.03 Å². The first-order valence-corrected chi connectivity index (χ1v) is 8.05. The Labute approximate surface area is 135 Å². The number of carbonyl (C=O) groups excluding carboxylic acids is 2. The summed E-state index contributed by atoms with van der Waals surface area (Å²) < 4.78 is 0. The van der Waals surface area contributed by atoms with Crippen LogP contribution in [0.3, 0.4) is 0 Å². The van der Waals surface area contributed by atoms with E-state index in [1.54, 1.807) is 6.92 Å². The first-order valence-electron chi connectivity index (χ1n) is 7.67. The van der Waals surface area contributed by atoms with Crippen molar-refractivity contribution in [2.24, 2.45) is 0 Å². The van der Waals surface area contributed by atoms with Crippen molar-refractivity contribution >= 4 is 23.5 Å². The lowest BCUT2D eigenvalue weighted by atomic mass is 10.0. The van der Waals surface area contributed by atoms with Crippen LogP contribution in [0.15, 0.2) is 24.3 Å². The molecule has 2 saturated heterocycles. The maximum absolute atomic E-state index is 12.2. The zero-order valence-corrected chi connectivity index (χ0v) is 13.3. The molecule has 2 fully saturated rings. The van der Waals surface area contributed by atoms with E-state index in [4.69, 9.17) is 11.6 Å². The van der Waals surface area contributed by atoms with Gasteiger partial charge in [0.2, 0.25) is 0 Å². The van der Waals surface area contributed by atoms with Crippen LogP contribution in [0.25, 0.3) is 0 Å². The first kappa shape index (κ1) is 15.3. The summed E-state index contributed by atoms with van der Waals surface area (Å²) in [5.41, 5.74) is 1.05. The molecule has 0 unspecified atom stereocenters. The Balaban J connectivity index is 1.86. The van der Waals surface area contributed by atoms with Crippen molar-refractivity contribution in [3.8, 4) is 0 Å². The van der Waals surface area contributed by atoms with E-state index in [1.807, 2.05) is 24.3 Å². The average Bonchev–Trinajstić information content (AvgIpc) is 3.08. The SMILES string of the molecule is C[C@@H]1NC(=O)N(C[C@H](c2cccc(Cl)c2)N2CCCC2)C1=O. The van der Waals surface area contributed by atoms with Gasteiger partial charge in [0.05, 0.1) is 12.6 Å². The lowest BCUT2D eigenvalue weighted by Crippen LogP contribution is -2.40. The Morgan fingerprint density at radius 1 is 1.32 bits per heavy atom. The number of halogens is 1. The van der Waals surface area contributed by atoms with Gasteiger partial charge in [0.15, 0.2) is 0 Å². The number of rotatable bonds is 4. The smallest absolute Gasteiger partial charge is 0.324 e. The summed E-state index contributed by atoms with van der Waals surface area (Å²) in [6.45, 7) is 4.05. The maximum Gasteiger partial charge on any atom is 0.324 e. The summed E-state index contributed by atoms with van der Waals surface area (Å²) in [4.78, 5) is 27.8. The molecule has 0 radical (unpaired) electrons. The molecule has 0 spiro atoms. The molecule has 6 heteroatoms. The maximum atomic E-state index is 12.2. The quantitative estimate of drug-likeness (QED) is 0.867. The zero-order chi connectivity index (χ0) is 15.7. The summed E-state index contributed by atoms with van der Waals surface area (Å²) >= 11 is 6.11. The van der Waals surface area contributed by atoms with Crippen LogP contribution < -0.4 is 5.32 Å². The Morgan fingerprint density at radius 2 is 2.05 bits per heavy atom. The van der Waals surface area contributed by atoms with Crippen molar-refractivity contribution < 1.29 is 9.59 Å². The molecule has 22 heavy (non-hydrogen) atoms. The van der Waals surface area contributed by atoms with E-state index in [1.165, 1.54) is 4.90 Å². The molecule has 2 atom stereocenters. The van der Waals surface area contributed by atoms with Gasteiger partial charge in [0.1, 0.15) is 6.04 Å². The number of benzene rings is 1.